The van der Waals surface area contributed by atoms with E-state index in [0.717, 1.165) is 0 Å². The van der Waals surface area contributed by atoms with Crippen LogP contribution in [0.2, 0.25) is 0 Å². The van der Waals surface area contributed by atoms with Crippen LogP contribution in [0.15, 0.2) is 24.3 Å². The molecule has 1 aromatic carbocycles. The molecule has 0 saturated heterocycles. The third-order valence-corrected chi connectivity index (χ3v) is 4.65. The summed E-state index contributed by atoms with van der Waals surface area (Å²) in [6.07, 6.45) is -0.953. The number of aliphatic hydroxyl groups excluding tert-OH is 1. The molecule has 2 atom stereocenters. The Hall–Kier alpha value is -3.34. The highest BCUT2D eigenvalue weighted by molar-refractivity contribution is 5.92. The molecule has 0 heterocycles. The van der Waals surface area contributed by atoms with Crippen molar-refractivity contribution in [2.75, 3.05) is 19.8 Å². The van der Waals surface area contributed by atoms with Gasteiger partial charge in [-0.3, -0.25) is 14.4 Å². The molecule has 196 valence electrons. The molecule has 0 bridgehead atoms. The molecule has 1 aromatic rings. The molecule has 0 fully saturated rings. The Morgan fingerprint density at radius 3 is 2.17 bits per heavy atom. The lowest BCUT2D eigenvalue weighted by Gasteiger charge is -2.36. The zero-order valence-corrected chi connectivity index (χ0v) is 21.2. The van der Waals surface area contributed by atoms with Crippen LogP contribution in [0.4, 0.5) is 4.79 Å². The van der Waals surface area contributed by atoms with E-state index in [0.29, 0.717) is 5.56 Å². The molecule has 0 aliphatic heterocycles. The van der Waals surface area contributed by atoms with Crippen LogP contribution >= 0.6 is 0 Å². The summed E-state index contributed by atoms with van der Waals surface area (Å²) in [5.41, 5.74) is -0.439. The molecule has 0 radical (unpaired) electrons. The Morgan fingerprint density at radius 2 is 1.69 bits per heavy atom. The number of amides is 3. The van der Waals surface area contributed by atoms with Gasteiger partial charge in [0.05, 0.1) is 19.6 Å². The van der Waals surface area contributed by atoms with Gasteiger partial charge in [0, 0.05) is 12.6 Å². The Balaban J connectivity index is 3.24. The number of alkyl carbamates (subject to hydrolysis) is 1. The molecule has 11 nitrogen and oxygen atoms in total. The van der Waals surface area contributed by atoms with Crippen molar-refractivity contribution in [3.8, 4) is 5.75 Å². The number of benzene rings is 1. The largest absolute Gasteiger partial charge is 0.508 e. The van der Waals surface area contributed by atoms with Gasteiger partial charge in [0.25, 0.3) is 0 Å². The van der Waals surface area contributed by atoms with E-state index in [-0.39, 0.29) is 25.3 Å². The van der Waals surface area contributed by atoms with E-state index in [2.05, 4.69) is 10.6 Å². The van der Waals surface area contributed by atoms with Crippen LogP contribution in [0.25, 0.3) is 0 Å². The van der Waals surface area contributed by atoms with Crippen molar-refractivity contribution < 1.29 is 38.9 Å². The van der Waals surface area contributed by atoms with Crippen LogP contribution in [0, 0.1) is 0 Å². The highest BCUT2D eigenvalue weighted by Crippen LogP contribution is 2.26. The zero-order chi connectivity index (χ0) is 26.8. The van der Waals surface area contributed by atoms with Gasteiger partial charge in [0.1, 0.15) is 23.4 Å². The van der Waals surface area contributed by atoms with Crippen molar-refractivity contribution in [3.63, 3.8) is 0 Å². The number of ether oxygens (including phenoxy) is 2. The van der Waals surface area contributed by atoms with Gasteiger partial charge in [0.2, 0.25) is 11.8 Å². The van der Waals surface area contributed by atoms with Crippen molar-refractivity contribution in [2.45, 2.75) is 71.7 Å². The van der Waals surface area contributed by atoms with Crippen molar-refractivity contribution >= 4 is 23.9 Å². The molecule has 3 amide bonds. The molecular weight excluding hydrogens is 458 g/mol. The number of hydrogen-bond acceptors (Lipinski definition) is 8. The smallest absolute Gasteiger partial charge is 0.408 e. The number of phenolic OH excluding ortho intramolecular Hbond substituents is 1. The first-order valence-corrected chi connectivity index (χ1v) is 11.5. The van der Waals surface area contributed by atoms with E-state index >= 15 is 0 Å². The molecule has 0 spiro atoms. The van der Waals surface area contributed by atoms with Crippen molar-refractivity contribution in [3.05, 3.63) is 29.8 Å². The minimum absolute atomic E-state index is 0.0219. The van der Waals surface area contributed by atoms with Crippen LogP contribution in [0.5, 0.6) is 5.75 Å². The molecule has 1 rings (SSSR count). The van der Waals surface area contributed by atoms with Gasteiger partial charge < -0.3 is 35.2 Å². The number of nitrogens with one attached hydrogen (secondary N) is 2. The summed E-state index contributed by atoms with van der Waals surface area (Å²) in [5, 5.41) is 24.5. The number of esters is 1. The second kappa shape index (κ2) is 13.5. The average molecular weight is 496 g/mol. The second-order valence-electron chi connectivity index (χ2n) is 9.06. The molecule has 35 heavy (non-hydrogen) atoms. The third-order valence-electron chi connectivity index (χ3n) is 4.65. The number of rotatable bonds is 11. The van der Waals surface area contributed by atoms with E-state index < -0.39 is 54.2 Å². The Labute approximate surface area is 205 Å². The summed E-state index contributed by atoms with van der Waals surface area (Å²) < 4.78 is 10.0. The summed E-state index contributed by atoms with van der Waals surface area (Å²) in [6.45, 7) is 9.47. The standard InChI is InChI=1S/C24H37N3O8/c1-7-34-19(30)12-13-25-21(31)20(16-8-10-17(29)11-9-16)27(15(2)3)22(32)18(14-28)26-23(33)35-24(4,5)6/h8-11,15,18,20,28-29H,7,12-14H2,1-6H3,(H,25,31)(H,26,33). The van der Waals surface area contributed by atoms with Crippen molar-refractivity contribution in [2.24, 2.45) is 0 Å². The van der Waals surface area contributed by atoms with Gasteiger partial charge in [-0.15, -0.1) is 0 Å². The average Bonchev–Trinajstić information content (AvgIpc) is 2.74. The summed E-state index contributed by atoms with van der Waals surface area (Å²) in [5.74, 6) is -1.81. The fourth-order valence-electron chi connectivity index (χ4n) is 3.21. The summed E-state index contributed by atoms with van der Waals surface area (Å²) >= 11 is 0. The van der Waals surface area contributed by atoms with E-state index in [4.69, 9.17) is 9.47 Å². The number of carbonyl (C=O) groups is 4. The second-order valence-corrected chi connectivity index (χ2v) is 9.06. The lowest BCUT2D eigenvalue weighted by molar-refractivity contribution is -0.146. The van der Waals surface area contributed by atoms with Gasteiger partial charge >= 0.3 is 12.1 Å². The van der Waals surface area contributed by atoms with E-state index in [1.165, 1.54) is 29.2 Å². The zero-order valence-electron chi connectivity index (χ0n) is 21.2. The fourth-order valence-corrected chi connectivity index (χ4v) is 3.21. The summed E-state index contributed by atoms with van der Waals surface area (Å²) in [4.78, 5) is 51.8. The lowest BCUT2D eigenvalue weighted by Crippen LogP contribution is -2.56. The fraction of sp³-hybridized carbons (Fsp3) is 0.583. The molecule has 0 saturated carbocycles. The number of nitrogens with zero attached hydrogens (tertiary/aromatic N) is 1. The maximum absolute atomic E-state index is 13.5. The maximum atomic E-state index is 13.5. The molecule has 11 heteroatoms. The van der Waals surface area contributed by atoms with Gasteiger partial charge in [-0.1, -0.05) is 12.1 Å². The predicted octanol–water partition coefficient (Wildman–Crippen LogP) is 1.63. The Kier molecular flexibility index (Phi) is 11.5. The van der Waals surface area contributed by atoms with E-state index in [1.54, 1.807) is 41.5 Å². The molecule has 4 N–H and O–H groups in total. The molecule has 2 unspecified atom stereocenters. The van der Waals surface area contributed by atoms with Crippen LogP contribution in [-0.4, -0.2) is 76.4 Å². The number of phenols is 1. The normalized spacial score (nSPS) is 12.9. The van der Waals surface area contributed by atoms with Crippen LogP contribution < -0.4 is 10.6 Å². The Morgan fingerprint density at radius 1 is 1.09 bits per heavy atom. The number of aliphatic hydroxyl groups is 1. The number of aromatic hydroxyl groups is 1. The SMILES string of the molecule is CCOC(=O)CCNC(=O)C(c1ccc(O)cc1)N(C(=O)C(CO)NC(=O)OC(C)(C)C)C(C)C. The lowest BCUT2D eigenvalue weighted by atomic mass is 10.0. The van der Waals surface area contributed by atoms with Gasteiger partial charge in [-0.05, 0) is 59.2 Å². The number of carbonyl (C=O) groups excluding carboxylic acids is 4. The minimum atomic E-state index is -1.38. The molecular formula is C24H37N3O8. The first-order valence-electron chi connectivity index (χ1n) is 11.5. The monoisotopic (exact) mass is 495 g/mol. The van der Waals surface area contributed by atoms with Crippen molar-refractivity contribution in [1.29, 1.82) is 0 Å². The summed E-state index contributed by atoms with van der Waals surface area (Å²) in [7, 11) is 0. The van der Waals surface area contributed by atoms with Crippen molar-refractivity contribution in [1.82, 2.24) is 15.5 Å². The van der Waals surface area contributed by atoms with Crippen LogP contribution in [0.1, 0.15) is 59.6 Å². The van der Waals surface area contributed by atoms with Crippen LogP contribution in [0.3, 0.4) is 0 Å². The first-order chi connectivity index (χ1) is 16.3. The Bertz CT molecular complexity index is 865. The quantitative estimate of drug-likeness (QED) is 0.338. The van der Waals surface area contributed by atoms with E-state index in [9.17, 15) is 29.4 Å². The minimum Gasteiger partial charge on any atom is -0.508 e. The maximum Gasteiger partial charge on any atom is 0.408 e. The molecule has 0 aliphatic rings. The van der Waals surface area contributed by atoms with E-state index in [1.807, 2.05) is 0 Å². The highest BCUT2D eigenvalue weighted by atomic mass is 16.6. The molecule has 0 aliphatic carbocycles. The van der Waals surface area contributed by atoms with Crippen LogP contribution in [-0.2, 0) is 23.9 Å². The van der Waals surface area contributed by atoms with Gasteiger partial charge in [0.15, 0.2) is 0 Å². The topological polar surface area (TPSA) is 154 Å². The molecule has 0 aromatic heterocycles. The highest BCUT2D eigenvalue weighted by Gasteiger charge is 2.37. The summed E-state index contributed by atoms with van der Waals surface area (Å²) in [6, 6.07) is 2.64. The van der Waals surface area contributed by atoms with Gasteiger partial charge in [-0.25, -0.2) is 4.79 Å². The predicted molar refractivity (Wildman–Crippen MR) is 127 cm³/mol. The van der Waals surface area contributed by atoms with Gasteiger partial charge in [-0.2, -0.15) is 0 Å². The number of hydrogen-bond donors (Lipinski definition) is 4. The third kappa shape index (κ3) is 9.81. The first kappa shape index (κ1) is 29.7.